The van der Waals surface area contributed by atoms with Crippen molar-refractivity contribution in [2.45, 2.75) is 39.0 Å². The predicted molar refractivity (Wildman–Crippen MR) is 99.3 cm³/mol. The summed E-state index contributed by atoms with van der Waals surface area (Å²) in [6, 6.07) is 9.62. The molecule has 0 aliphatic carbocycles. The van der Waals surface area contributed by atoms with E-state index in [1.807, 2.05) is 31.2 Å². The molecule has 0 saturated carbocycles. The molecule has 27 heavy (non-hydrogen) atoms. The smallest absolute Gasteiger partial charge is 0.343 e. The molecule has 0 bridgehead atoms. The van der Waals surface area contributed by atoms with Crippen molar-refractivity contribution in [3.8, 4) is 11.4 Å². The zero-order chi connectivity index (χ0) is 18.9. The van der Waals surface area contributed by atoms with Crippen molar-refractivity contribution in [2.24, 2.45) is 0 Å². The molecule has 0 fully saturated rings. The molecule has 6 heteroatoms. The molecule has 0 amide bonds. The summed E-state index contributed by atoms with van der Waals surface area (Å²) in [5.74, 6) is -0.706. The number of benzene rings is 1. The van der Waals surface area contributed by atoms with Crippen LogP contribution in [0.1, 0.15) is 35.6 Å². The SMILES string of the molecule is CC[C@]1(O)C(=O)OCc2c1cc1n(c2=O)Cc2c-1nc1ccccc1c2C. The maximum Gasteiger partial charge on any atom is 0.343 e. The number of pyridine rings is 2. The van der Waals surface area contributed by atoms with Crippen molar-refractivity contribution in [1.82, 2.24) is 9.55 Å². The maximum atomic E-state index is 13.1. The first-order valence-electron chi connectivity index (χ1n) is 9.01. The number of aromatic nitrogens is 2. The molecule has 0 spiro atoms. The summed E-state index contributed by atoms with van der Waals surface area (Å²) >= 11 is 0. The van der Waals surface area contributed by atoms with Crippen LogP contribution in [0, 0.1) is 6.92 Å². The van der Waals surface area contributed by atoms with Gasteiger partial charge in [-0.2, -0.15) is 0 Å². The number of esters is 1. The van der Waals surface area contributed by atoms with Crippen LogP contribution in [0.25, 0.3) is 22.3 Å². The average molecular weight is 362 g/mol. The summed E-state index contributed by atoms with van der Waals surface area (Å²) in [6.07, 6.45) is 0.138. The number of hydrogen-bond donors (Lipinski definition) is 1. The highest BCUT2D eigenvalue weighted by Gasteiger charge is 2.45. The van der Waals surface area contributed by atoms with E-state index in [4.69, 9.17) is 9.72 Å². The van der Waals surface area contributed by atoms with Crippen LogP contribution in [0.4, 0.5) is 0 Å². The molecule has 2 aromatic heterocycles. The molecule has 1 N–H and O–H groups in total. The van der Waals surface area contributed by atoms with E-state index in [1.165, 1.54) is 0 Å². The molecule has 136 valence electrons. The van der Waals surface area contributed by atoms with Crippen molar-refractivity contribution in [3.63, 3.8) is 0 Å². The van der Waals surface area contributed by atoms with Gasteiger partial charge in [-0.3, -0.25) is 4.79 Å². The van der Waals surface area contributed by atoms with Crippen LogP contribution in [-0.4, -0.2) is 20.6 Å². The van der Waals surface area contributed by atoms with Gasteiger partial charge in [-0.05, 0) is 31.0 Å². The standard InChI is InChI=1S/C21H18N2O4/c1-3-21(26)15-8-17-18-13(11(2)12-6-4-5-7-16(12)22-18)9-23(17)19(24)14(15)10-27-20(21)25/h4-8,26H,3,9-10H2,1-2H3/t21-/m1/s1. The fraction of sp³-hybridized carbons (Fsp3) is 0.286. The van der Waals surface area contributed by atoms with Crippen LogP contribution < -0.4 is 5.56 Å². The normalized spacial score (nSPS) is 20.2. The van der Waals surface area contributed by atoms with Crippen molar-refractivity contribution in [1.29, 1.82) is 0 Å². The number of carbonyl (C=O) groups is 1. The van der Waals surface area contributed by atoms with Gasteiger partial charge in [-0.15, -0.1) is 0 Å². The summed E-state index contributed by atoms with van der Waals surface area (Å²) in [5, 5.41) is 11.9. The van der Waals surface area contributed by atoms with Gasteiger partial charge in [-0.1, -0.05) is 25.1 Å². The molecule has 0 radical (unpaired) electrons. The van der Waals surface area contributed by atoms with Gasteiger partial charge in [0, 0.05) is 16.5 Å². The average Bonchev–Trinajstić information content (AvgIpc) is 3.05. The third kappa shape index (κ3) is 1.96. The number of cyclic esters (lactones) is 1. The quantitative estimate of drug-likeness (QED) is 0.526. The highest BCUT2D eigenvalue weighted by Crippen LogP contribution is 2.39. The third-order valence-electron chi connectivity index (χ3n) is 5.88. The number of ether oxygens (including phenoxy) is 1. The highest BCUT2D eigenvalue weighted by atomic mass is 16.6. The molecule has 1 atom stereocenters. The van der Waals surface area contributed by atoms with Crippen LogP contribution in [0.2, 0.25) is 0 Å². The molecule has 1 aromatic carbocycles. The molecule has 2 aliphatic heterocycles. The summed E-state index contributed by atoms with van der Waals surface area (Å²) in [7, 11) is 0. The Morgan fingerprint density at radius 3 is 2.81 bits per heavy atom. The lowest BCUT2D eigenvalue weighted by Crippen LogP contribution is -2.44. The summed E-state index contributed by atoms with van der Waals surface area (Å²) < 4.78 is 6.76. The first kappa shape index (κ1) is 16.2. The predicted octanol–water partition coefficient (Wildman–Crippen LogP) is 2.39. The molecule has 0 saturated heterocycles. The number of aryl methyl sites for hydroxylation is 1. The zero-order valence-corrected chi connectivity index (χ0v) is 15.1. The first-order chi connectivity index (χ1) is 13.0. The highest BCUT2D eigenvalue weighted by molar-refractivity contribution is 5.88. The Bertz CT molecular complexity index is 1210. The van der Waals surface area contributed by atoms with Crippen LogP contribution in [0.5, 0.6) is 0 Å². The Morgan fingerprint density at radius 2 is 2.04 bits per heavy atom. The van der Waals surface area contributed by atoms with E-state index >= 15 is 0 Å². The van der Waals surface area contributed by atoms with Crippen molar-refractivity contribution in [2.75, 3.05) is 0 Å². The van der Waals surface area contributed by atoms with Gasteiger partial charge >= 0.3 is 5.97 Å². The molecule has 6 nitrogen and oxygen atoms in total. The van der Waals surface area contributed by atoms with E-state index in [0.717, 1.165) is 27.7 Å². The lowest BCUT2D eigenvalue weighted by atomic mass is 9.86. The van der Waals surface area contributed by atoms with Crippen molar-refractivity contribution >= 4 is 16.9 Å². The number of hydrogen-bond acceptors (Lipinski definition) is 5. The molecule has 2 aliphatic rings. The summed E-state index contributed by atoms with van der Waals surface area (Å²) in [4.78, 5) is 30.1. The number of carbonyl (C=O) groups excluding carboxylic acids is 1. The minimum Gasteiger partial charge on any atom is -0.458 e. The first-order valence-corrected chi connectivity index (χ1v) is 9.01. The Balaban J connectivity index is 1.84. The second kappa shape index (κ2) is 5.27. The fourth-order valence-electron chi connectivity index (χ4n) is 4.23. The van der Waals surface area contributed by atoms with Gasteiger partial charge in [0.05, 0.1) is 29.0 Å². The van der Waals surface area contributed by atoms with E-state index in [-0.39, 0.29) is 18.6 Å². The molecular weight excluding hydrogens is 344 g/mol. The second-order valence-electron chi connectivity index (χ2n) is 7.18. The molecule has 0 unspecified atom stereocenters. The van der Waals surface area contributed by atoms with E-state index in [2.05, 4.69) is 0 Å². The monoisotopic (exact) mass is 362 g/mol. The molecule has 3 aromatic rings. The van der Waals surface area contributed by atoms with E-state index in [0.29, 0.717) is 23.4 Å². The minimum atomic E-state index is -1.79. The molecule has 5 rings (SSSR count). The Labute approximate surface area is 155 Å². The van der Waals surface area contributed by atoms with E-state index in [1.54, 1.807) is 17.6 Å². The van der Waals surface area contributed by atoms with E-state index in [9.17, 15) is 14.7 Å². The third-order valence-corrected chi connectivity index (χ3v) is 5.88. The fourth-order valence-corrected chi connectivity index (χ4v) is 4.23. The van der Waals surface area contributed by atoms with Gasteiger partial charge < -0.3 is 14.4 Å². The van der Waals surface area contributed by atoms with Gasteiger partial charge in [0.15, 0.2) is 5.60 Å². The van der Waals surface area contributed by atoms with Gasteiger partial charge in [-0.25, -0.2) is 9.78 Å². The van der Waals surface area contributed by atoms with Crippen molar-refractivity contribution < 1.29 is 14.6 Å². The number of para-hydroxylation sites is 1. The summed E-state index contributed by atoms with van der Waals surface area (Å²) in [6.45, 7) is 4.05. The Morgan fingerprint density at radius 1 is 1.26 bits per heavy atom. The molecular formula is C21H18N2O4. The molecule has 4 heterocycles. The zero-order valence-electron chi connectivity index (χ0n) is 15.1. The Hall–Kier alpha value is -2.99. The van der Waals surface area contributed by atoms with E-state index < -0.39 is 11.6 Å². The second-order valence-corrected chi connectivity index (χ2v) is 7.18. The maximum absolute atomic E-state index is 13.1. The number of nitrogens with zero attached hydrogens (tertiary/aromatic N) is 2. The Kier molecular flexibility index (Phi) is 3.16. The summed E-state index contributed by atoms with van der Waals surface area (Å²) in [5.41, 5.74) is 3.00. The van der Waals surface area contributed by atoms with Crippen LogP contribution in [0.15, 0.2) is 35.1 Å². The largest absolute Gasteiger partial charge is 0.458 e. The number of aliphatic hydroxyl groups is 1. The van der Waals surface area contributed by atoms with Crippen LogP contribution in [0.3, 0.4) is 0 Å². The number of fused-ring (bicyclic) bond motifs is 5. The van der Waals surface area contributed by atoms with Crippen molar-refractivity contribution in [3.05, 3.63) is 62.9 Å². The number of rotatable bonds is 1. The minimum absolute atomic E-state index is 0.111. The van der Waals surface area contributed by atoms with Gasteiger partial charge in [0.1, 0.15) is 6.61 Å². The lowest BCUT2D eigenvalue weighted by Gasteiger charge is -2.31. The van der Waals surface area contributed by atoms with Crippen LogP contribution in [-0.2, 0) is 28.3 Å². The van der Waals surface area contributed by atoms with Crippen LogP contribution >= 0.6 is 0 Å². The van der Waals surface area contributed by atoms with Gasteiger partial charge in [0.25, 0.3) is 5.56 Å². The van der Waals surface area contributed by atoms with Gasteiger partial charge in [0.2, 0.25) is 0 Å². The lowest BCUT2D eigenvalue weighted by molar-refractivity contribution is -0.172. The topological polar surface area (TPSA) is 81.4 Å².